The Morgan fingerprint density at radius 1 is 1.14 bits per heavy atom. The highest BCUT2D eigenvalue weighted by molar-refractivity contribution is 5.94. The van der Waals surface area contributed by atoms with Crippen LogP contribution in [0, 0.1) is 11.7 Å². The molecule has 2 fully saturated rings. The van der Waals surface area contributed by atoms with Crippen LogP contribution in [0.25, 0.3) is 11.0 Å². The van der Waals surface area contributed by atoms with Crippen LogP contribution in [0.1, 0.15) is 24.2 Å². The molecule has 1 amide bonds. The SMILES string of the molecule is O=C1O[C@H]2CC(C(=O)Nc3ccc4nc(Cc5ccc(F)cc5)[nH]c4c3)C[C@H]2O1. The van der Waals surface area contributed by atoms with E-state index in [1.807, 2.05) is 12.1 Å². The van der Waals surface area contributed by atoms with Crippen LogP contribution in [0.5, 0.6) is 0 Å². The van der Waals surface area contributed by atoms with Gasteiger partial charge in [-0.3, -0.25) is 4.79 Å². The number of halogens is 1. The molecule has 2 aliphatic rings. The molecule has 1 aliphatic heterocycles. The number of aromatic nitrogens is 2. The first-order chi connectivity index (χ1) is 14.0. The summed E-state index contributed by atoms with van der Waals surface area (Å²) >= 11 is 0. The van der Waals surface area contributed by atoms with E-state index in [2.05, 4.69) is 15.3 Å². The maximum Gasteiger partial charge on any atom is 0.509 e. The topological polar surface area (TPSA) is 93.3 Å². The number of amides is 1. The minimum Gasteiger partial charge on any atom is -0.427 e. The van der Waals surface area contributed by atoms with Crippen LogP contribution in [0.2, 0.25) is 0 Å². The van der Waals surface area contributed by atoms with Crippen LogP contribution in [0.15, 0.2) is 42.5 Å². The summed E-state index contributed by atoms with van der Waals surface area (Å²) in [5.74, 6) is 0.112. The first-order valence-corrected chi connectivity index (χ1v) is 9.45. The van der Waals surface area contributed by atoms with Crippen molar-refractivity contribution in [3.05, 3.63) is 59.7 Å². The number of rotatable bonds is 4. The highest BCUT2D eigenvalue weighted by Crippen LogP contribution is 2.35. The van der Waals surface area contributed by atoms with E-state index in [9.17, 15) is 14.0 Å². The number of nitrogens with zero attached hydrogens (tertiary/aromatic N) is 1. The van der Waals surface area contributed by atoms with Crippen molar-refractivity contribution in [2.75, 3.05) is 5.32 Å². The van der Waals surface area contributed by atoms with Gasteiger partial charge in [-0.05, 0) is 48.7 Å². The Labute approximate surface area is 165 Å². The molecule has 0 radical (unpaired) electrons. The zero-order valence-electron chi connectivity index (χ0n) is 15.4. The lowest BCUT2D eigenvalue weighted by Crippen LogP contribution is -2.22. The summed E-state index contributed by atoms with van der Waals surface area (Å²) in [6, 6.07) is 11.8. The summed E-state index contributed by atoms with van der Waals surface area (Å²) in [6.07, 6.45) is 0.178. The van der Waals surface area contributed by atoms with E-state index >= 15 is 0 Å². The molecular formula is C21H18FN3O4. The number of nitrogens with one attached hydrogen (secondary N) is 2. The van der Waals surface area contributed by atoms with E-state index < -0.39 is 6.16 Å². The van der Waals surface area contributed by atoms with Crippen LogP contribution >= 0.6 is 0 Å². The van der Waals surface area contributed by atoms with Gasteiger partial charge in [0.1, 0.15) is 23.8 Å². The number of ether oxygens (including phenoxy) is 2. The molecule has 2 heterocycles. The van der Waals surface area contributed by atoms with Gasteiger partial charge in [-0.1, -0.05) is 12.1 Å². The van der Waals surface area contributed by atoms with Crippen LogP contribution in [-0.4, -0.2) is 34.2 Å². The molecular weight excluding hydrogens is 377 g/mol. The van der Waals surface area contributed by atoms with Crippen LogP contribution in [0.4, 0.5) is 14.9 Å². The largest absolute Gasteiger partial charge is 0.509 e. The summed E-state index contributed by atoms with van der Waals surface area (Å²) in [7, 11) is 0. The van der Waals surface area contributed by atoms with Crippen LogP contribution in [-0.2, 0) is 20.7 Å². The van der Waals surface area contributed by atoms with E-state index in [1.165, 1.54) is 12.1 Å². The van der Waals surface area contributed by atoms with Gasteiger partial charge >= 0.3 is 6.16 Å². The number of carbonyl (C=O) groups excluding carboxylic acids is 2. The molecule has 1 saturated heterocycles. The van der Waals surface area contributed by atoms with E-state index in [0.29, 0.717) is 24.9 Å². The fraction of sp³-hybridized carbons (Fsp3) is 0.286. The van der Waals surface area contributed by atoms with Crippen molar-refractivity contribution in [3.63, 3.8) is 0 Å². The molecule has 3 atom stereocenters. The van der Waals surface area contributed by atoms with E-state index in [-0.39, 0.29) is 29.9 Å². The molecule has 3 aromatic rings. The zero-order valence-corrected chi connectivity index (χ0v) is 15.4. The van der Waals surface area contributed by atoms with Gasteiger partial charge in [-0.15, -0.1) is 0 Å². The molecule has 0 bridgehead atoms. The lowest BCUT2D eigenvalue weighted by atomic mass is 10.1. The lowest BCUT2D eigenvalue weighted by molar-refractivity contribution is -0.120. The van der Waals surface area contributed by atoms with Crippen molar-refractivity contribution < 1.29 is 23.5 Å². The van der Waals surface area contributed by atoms with Gasteiger partial charge < -0.3 is 19.8 Å². The zero-order chi connectivity index (χ0) is 20.0. The third-order valence-corrected chi connectivity index (χ3v) is 5.40. The minimum absolute atomic E-state index is 0.121. The average molecular weight is 395 g/mol. The number of fused-ring (bicyclic) bond motifs is 2. The fourth-order valence-corrected chi connectivity index (χ4v) is 3.96. The van der Waals surface area contributed by atoms with Gasteiger partial charge in [0.05, 0.1) is 11.0 Å². The Hall–Kier alpha value is -3.42. The standard InChI is InChI=1S/C21H18FN3O4/c22-13-3-1-11(2-4-13)7-19-24-15-6-5-14(10-16(15)25-19)23-20(26)12-8-17-18(9-12)29-21(27)28-17/h1-6,10,12,17-18H,7-9H2,(H,23,26)(H,24,25)/t12?,17-,18+. The lowest BCUT2D eigenvalue weighted by Gasteiger charge is -2.11. The third kappa shape index (κ3) is 3.53. The minimum atomic E-state index is -0.653. The summed E-state index contributed by atoms with van der Waals surface area (Å²) in [6.45, 7) is 0. The number of hydrogen-bond acceptors (Lipinski definition) is 5. The second-order valence-corrected chi connectivity index (χ2v) is 7.44. The van der Waals surface area contributed by atoms with Crippen LogP contribution < -0.4 is 5.32 Å². The van der Waals surface area contributed by atoms with Crippen molar-refractivity contribution in [2.24, 2.45) is 5.92 Å². The number of benzene rings is 2. The second kappa shape index (κ2) is 6.88. The van der Waals surface area contributed by atoms with E-state index in [4.69, 9.17) is 9.47 Å². The van der Waals surface area contributed by atoms with E-state index in [0.717, 1.165) is 22.4 Å². The molecule has 2 N–H and O–H groups in total. The van der Waals surface area contributed by atoms with Crippen molar-refractivity contribution in [1.29, 1.82) is 0 Å². The van der Waals surface area contributed by atoms with Crippen molar-refractivity contribution in [1.82, 2.24) is 9.97 Å². The predicted octanol–water partition coefficient (Wildman–Crippen LogP) is 3.55. The Bertz CT molecular complexity index is 1080. The maximum absolute atomic E-state index is 13.1. The summed E-state index contributed by atoms with van der Waals surface area (Å²) in [4.78, 5) is 31.5. The molecule has 29 heavy (non-hydrogen) atoms. The number of H-pyrrole nitrogens is 1. The number of aromatic amines is 1. The highest BCUT2D eigenvalue weighted by Gasteiger charge is 2.47. The Morgan fingerprint density at radius 2 is 1.86 bits per heavy atom. The Morgan fingerprint density at radius 3 is 2.59 bits per heavy atom. The second-order valence-electron chi connectivity index (χ2n) is 7.44. The fourth-order valence-electron chi connectivity index (χ4n) is 3.96. The van der Waals surface area contributed by atoms with Crippen molar-refractivity contribution >= 4 is 28.8 Å². The molecule has 1 aliphatic carbocycles. The number of carbonyl (C=O) groups is 2. The molecule has 8 heteroatoms. The van der Waals surface area contributed by atoms with Gasteiger partial charge in [0.2, 0.25) is 5.91 Å². The Kier molecular flexibility index (Phi) is 4.19. The molecule has 148 valence electrons. The number of imidazole rings is 1. The third-order valence-electron chi connectivity index (χ3n) is 5.40. The first-order valence-electron chi connectivity index (χ1n) is 9.45. The van der Waals surface area contributed by atoms with Gasteiger partial charge in [0.25, 0.3) is 0 Å². The quantitative estimate of drug-likeness (QED) is 0.659. The predicted molar refractivity (Wildman–Crippen MR) is 102 cm³/mol. The molecule has 1 aromatic heterocycles. The Balaban J connectivity index is 1.27. The smallest absolute Gasteiger partial charge is 0.427 e. The summed E-state index contributed by atoms with van der Waals surface area (Å²) in [5, 5.41) is 2.92. The molecule has 2 aromatic carbocycles. The van der Waals surface area contributed by atoms with Crippen molar-refractivity contribution in [3.8, 4) is 0 Å². The van der Waals surface area contributed by atoms with Gasteiger partial charge in [0.15, 0.2) is 0 Å². The summed E-state index contributed by atoms with van der Waals surface area (Å²) < 4.78 is 23.2. The van der Waals surface area contributed by atoms with Gasteiger partial charge in [-0.25, -0.2) is 14.2 Å². The molecule has 7 nitrogen and oxygen atoms in total. The first kappa shape index (κ1) is 17.7. The molecule has 1 saturated carbocycles. The number of anilines is 1. The molecule has 5 rings (SSSR count). The average Bonchev–Trinajstić information content (AvgIpc) is 3.35. The van der Waals surface area contributed by atoms with Crippen molar-refractivity contribution in [2.45, 2.75) is 31.5 Å². The summed E-state index contributed by atoms with van der Waals surface area (Å²) in [5.41, 5.74) is 3.21. The molecule has 1 unspecified atom stereocenters. The van der Waals surface area contributed by atoms with Gasteiger partial charge in [-0.2, -0.15) is 0 Å². The molecule has 0 spiro atoms. The maximum atomic E-state index is 13.1. The number of hydrogen-bond donors (Lipinski definition) is 2. The van der Waals surface area contributed by atoms with Gasteiger partial charge in [0, 0.05) is 18.0 Å². The monoisotopic (exact) mass is 395 g/mol. The van der Waals surface area contributed by atoms with Crippen LogP contribution in [0.3, 0.4) is 0 Å². The van der Waals surface area contributed by atoms with E-state index in [1.54, 1.807) is 18.2 Å². The normalized spacial score (nSPS) is 22.9. The highest BCUT2D eigenvalue weighted by atomic mass is 19.1.